The van der Waals surface area contributed by atoms with Gasteiger partial charge in [0.05, 0.1) is 6.04 Å². The summed E-state index contributed by atoms with van der Waals surface area (Å²) in [7, 11) is 0. The summed E-state index contributed by atoms with van der Waals surface area (Å²) in [6.45, 7) is 6.35. The van der Waals surface area contributed by atoms with E-state index in [2.05, 4.69) is 5.32 Å². The van der Waals surface area contributed by atoms with Crippen molar-refractivity contribution in [3.63, 3.8) is 0 Å². The Labute approximate surface area is 125 Å². The molecule has 3 N–H and O–H groups in total. The molecule has 1 aliphatic rings. The quantitative estimate of drug-likeness (QED) is 0.889. The highest BCUT2D eigenvalue weighted by atomic mass is 16.2. The highest BCUT2D eigenvalue weighted by Crippen LogP contribution is 2.30. The van der Waals surface area contributed by atoms with E-state index in [4.69, 9.17) is 5.73 Å². The van der Waals surface area contributed by atoms with Crippen LogP contribution in [-0.4, -0.2) is 24.4 Å². The van der Waals surface area contributed by atoms with E-state index in [1.165, 1.54) is 0 Å². The van der Waals surface area contributed by atoms with E-state index in [1.54, 1.807) is 11.8 Å². The third kappa shape index (κ3) is 3.61. The topological polar surface area (TPSA) is 75.4 Å². The normalized spacial score (nSPS) is 15.0. The zero-order valence-electron chi connectivity index (χ0n) is 12.8. The summed E-state index contributed by atoms with van der Waals surface area (Å²) < 4.78 is 0. The Hall–Kier alpha value is -1.88. The van der Waals surface area contributed by atoms with Crippen LogP contribution in [0.4, 0.5) is 11.4 Å². The Morgan fingerprint density at radius 3 is 2.71 bits per heavy atom. The lowest BCUT2D eigenvalue weighted by molar-refractivity contribution is -0.118. The Bertz CT molecular complexity index is 554. The molecule has 1 atom stereocenters. The first kappa shape index (κ1) is 15.5. The number of anilines is 2. The number of nitrogens with two attached hydrogens (primary N) is 1. The van der Waals surface area contributed by atoms with E-state index < -0.39 is 6.04 Å². The van der Waals surface area contributed by atoms with Gasteiger partial charge in [-0.2, -0.15) is 0 Å². The maximum absolute atomic E-state index is 12.0. The van der Waals surface area contributed by atoms with E-state index in [9.17, 15) is 9.59 Å². The minimum absolute atomic E-state index is 0.0458. The molecule has 5 nitrogen and oxygen atoms in total. The Morgan fingerprint density at radius 1 is 1.38 bits per heavy atom. The molecule has 1 aliphatic heterocycles. The summed E-state index contributed by atoms with van der Waals surface area (Å²) in [5, 5.41) is 2.85. The third-order valence-corrected chi connectivity index (χ3v) is 3.68. The maximum Gasteiger partial charge on any atom is 0.241 e. The standard InChI is InChI=1S/C16H23N3O2/c1-10(2)8-14(17)16(21)18-13-4-5-15-12(9-13)6-7-19(15)11(3)20/h4-5,9-10,14H,6-8,17H2,1-3H3,(H,18,21). The summed E-state index contributed by atoms with van der Waals surface area (Å²) >= 11 is 0. The highest BCUT2D eigenvalue weighted by molar-refractivity contribution is 5.97. The van der Waals surface area contributed by atoms with Gasteiger partial charge in [-0.05, 0) is 42.5 Å². The van der Waals surface area contributed by atoms with Gasteiger partial charge in [-0.1, -0.05) is 13.8 Å². The average Bonchev–Trinajstić information content (AvgIpc) is 2.80. The van der Waals surface area contributed by atoms with Gasteiger partial charge >= 0.3 is 0 Å². The summed E-state index contributed by atoms with van der Waals surface area (Å²) in [6, 6.07) is 5.14. The van der Waals surface area contributed by atoms with Crippen LogP contribution >= 0.6 is 0 Å². The summed E-state index contributed by atoms with van der Waals surface area (Å²) in [4.78, 5) is 25.3. The molecule has 2 amide bonds. The van der Waals surface area contributed by atoms with E-state index in [1.807, 2.05) is 32.0 Å². The largest absolute Gasteiger partial charge is 0.325 e. The predicted molar refractivity (Wildman–Crippen MR) is 84.2 cm³/mol. The number of carbonyl (C=O) groups is 2. The number of hydrogen-bond donors (Lipinski definition) is 2. The van der Waals surface area contributed by atoms with Crippen molar-refractivity contribution < 1.29 is 9.59 Å². The van der Waals surface area contributed by atoms with Crippen molar-refractivity contribution in [1.82, 2.24) is 0 Å². The number of amides is 2. The molecular weight excluding hydrogens is 266 g/mol. The van der Waals surface area contributed by atoms with Crippen molar-refractivity contribution >= 4 is 23.2 Å². The molecule has 0 aromatic heterocycles. The zero-order chi connectivity index (χ0) is 15.6. The van der Waals surface area contributed by atoms with E-state index >= 15 is 0 Å². The molecule has 0 radical (unpaired) electrons. The van der Waals surface area contributed by atoms with E-state index in [-0.39, 0.29) is 11.8 Å². The molecule has 1 aromatic carbocycles. The molecule has 5 heteroatoms. The fraction of sp³-hybridized carbons (Fsp3) is 0.500. The van der Waals surface area contributed by atoms with Crippen molar-refractivity contribution in [2.75, 3.05) is 16.8 Å². The lowest BCUT2D eigenvalue weighted by Gasteiger charge is -2.16. The van der Waals surface area contributed by atoms with Gasteiger partial charge in [0.2, 0.25) is 11.8 Å². The molecular formula is C16H23N3O2. The van der Waals surface area contributed by atoms with Gasteiger partial charge in [-0.3, -0.25) is 9.59 Å². The highest BCUT2D eigenvalue weighted by Gasteiger charge is 2.23. The lowest BCUT2D eigenvalue weighted by Crippen LogP contribution is -2.36. The van der Waals surface area contributed by atoms with Gasteiger partial charge in [0.25, 0.3) is 0 Å². The first-order valence-electron chi connectivity index (χ1n) is 7.36. The van der Waals surface area contributed by atoms with Crippen LogP contribution in [0.15, 0.2) is 18.2 Å². The van der Waals surface area contributed by atoms with Crippen LogP contribution < -0.4 is 16.0 Å². The Morgan fingerprint density at radius 2 is 2.10 bits per heavy atom. The van der Waals surface area contributed by atoms with Crippen LogP contribution in [0.5, 0.6) is 0 Å². The van der Waals surface area contributed by atoms with Gasteiger partial charge in [-0.25, -0.2) is 0 Å². The molecule has 2 rings (SSSR count). The molecule has 1 aromatic rings. The fourth-order valence-corrected chi connectivity index (χ4v) is 2.66. The number of carbonyl (C=O) groups excluding carboxylic acids is 2. The lowest BCUT2D eigenvalue weighted by atomic mass is 10.0. The second-order valence-corrected chi connectivity index (χ2v) is 5.99. The van der Waals surface area contributed by atoms with Crippen molar-refractivity contribution in [3.05, 3.63) is 23.8 Å². The van der Waals surface area contributed by atoms with Crippen molar-refractivity contribution in [2.45, 2.75) is 39.7 Å². The number of rotatable bonds is 4. The van der Waals surface area contributed by atoms with Crippen molar-refractivity contribution in [2.24, 2.45) is 11.7 Å². The summed E-state index contributed by atoms with van der Waals surface area (Å²) in [6.07, 6.45) is 1.48. The average molecular weight is 289 g/mol. The van der Waals surface area contributed by atoms with Crippen LogP contribution in [-0.2, 0) is 16.0 Å². The second-order valence-electron chi connectivity index (χ2n) is 5.99. The summed E-state index contributed by atoms with van der Waals surface area (Å²) in [5.74, 6) is 0.268. The first-order chi connectivity index (χ1) is 9.88. The number of nitrogens with zero attached hydrogens (tertiary/aromatic N) is 1. The summed E-state index contributed by atoms with van der Waals surface area (Å²) in [5.41, 5.74) is 8.64. The maximum atomic E-state index is 12.0. The molecule has 0 aliphatic carbocycles. The number of benzene rings is 1. The molecule has 0 saturated carbocycles. The van der Waals surface area contributed by atoms with Gasteiger partial charge in [-0.15, -0.1) is 0 Å². The molecule has 114 valence electrons. The molecule has 0 spiro atoms. The molecule has 1 heterocycles. The SMILES string of the molecule is CC(=O)N1CCc2cc(NC(=O)C(N)CC(C)C)ccc21. The minimum atomic E-state index is -0.494. The van der Waals surface area contributed by atoms with Crippen molar-refractivity contribution in [1.29, 1.82) is 0 Å². The smallest absolute Gasteiger partial charge is 0.241 e. The van der Waals surface area contributed by atoms with Crippen LogP contribution in [0.2, 0.25) is 0 Å². The van der Waals surface area contributed by atoms with E-state index in [0.29, 0.717) is 18.9 Å². The van der Waals surface area contributed by atoms with Crippen LogP contribution in [0, 0.1) is 5.92 Å². The fourth-order valence-electron chi connectivity index (χ4n) is 2.66. The number of fused-ring (bicyclic) bond motifs is 1. The molecule has 21 heavy (non-hydrogen) atoms. The Balaban J connectivity index is 2.07. The first-order valence-corrected chi connectivity index (χ1v) is 7.36. The Kier molecular flexibility index (Phi) is 4.63. The number of hydrogen-bond acceptors (Lipinski definition) is 3. The van der Waals surface area contributed by atoms with Gasteiger partial charge in [0.1, 0.15) is 0 Å². The monoisotopic (exact) mass is 289 g/mol. The molecule has 1 unspecified atom stereocenters. The molecule has 0 fully saturated rings. The van der Waals surface area contributed by atoms with Gasteiger partial charge in [0.15, 0.2) is 0 Å². The van der Waals surface area contributed by atoms with Crippen LogP contribution in [0.1, 0.15) is 32.8 Å². The van der Waals surface area contributed by atoms with Gasteiger partial charge in [0, 0.05) is 24.8 Å². The second kappa shape index (κ2) is 6.26. The molecule has 0 saturated heterocycles. The number of nitrogens with one attached hydrogen (secondary N) is 1. The van der Waals surface area contributed by atoms with E-state index in [0.717, 1.165) is 23.4 Å². The minimum Gasteiger partial charge on any atom is -0.325 e. The molecule has 0 bridgehead atoms. The van der Waals surface area contributed by atoms with Gasteiger partial charge < -0.3 is 16.0 Å². The van der Waals surface area contributed by atoms with Crippen molar-refractivity contribution in [3.8, 4) is 0 Å². The third-order valence-electron chi connectivity index (χ3n) is 3.68. The zero-order valence-corrected chi connectivity index (χ0v) is 12.8. The predicted octanol–water partition coefficient (Wildman–Crippen LogP) is 1.91. The van der Waals surface area contributed by atoms with Crippen LogP contribution in [0.3, 0.4) is 0 Å². The van der Waals surface area contributed by atoms with Crippen LogP contribution in [0.25, 0.3) is 0 Å².